The van der Waals surface area contributed by atoms with Crippen LogP contribution in [0.15, 0.2) is 30.3 Å². The van der Waals surface area contributed by atoms with Crippen molar-refractivity contribution in [1.29, 1.82) is 0 Å². The van der Waals surface area contributed by atoms with Crippen molar-refractivity contribution in [2.24, 2.45) is 17.8 Å². The Labute approximate surface area is 90.5 Å². The van der Waals surface area contributed by atoms with Crippen LogP contribution in [0.4, 0.5) is 0 Å². The Hall–Kier alpha value is -1.11. The lowest BCUT2D eigenvalue weighted by Crippen LogP contribution is -1.99. The molecule has 1 nitrogen and oxygen atoms in total. The molecule has 0 aromatic heterocycles. The van der Waals surface area contributed by atoms with Crippen molar-refractivity contribution in [3.8, 4) is 0 Å². The largest absolute Gasteiger partial charge is 0.300 e. The number of hydrogen-bond donors (Lipinski definition) is 0. The number of ketones is 1. The molecule has 1 aromatic rings. The molecule has 2 saturated carbocycles. The van der Waals surface area contributed by atoms with E-state index in [0.717, 1.165) is 30.6 Å². The lowest BCUT2D eigenvalue weighted by Gasteiger charge is -2.02. The highest BCUT2D eigenvalue weighted by Gasteiger charge is 2.54. The standard InChI is InChI=1S/C14H16O/c15-11-8-13-12(14(13)9-11)7-6-10-4-2-1-3-5-10/h1-5,12-14H,6-9H2/t12?,13-,14+. The van der Waals surface area contributed by atoms with E-state index in [1.807, 2.05) is 0 Å². The maximum Gasteiger partial charge on any atom is 0.133 e. The van der Waals surface area contributed by atoms with Crippen molar-refractivity contribution < 1.29 is 4.79 Å². The van der Waals surface area contributed by atoms with Gasteiger partial charge in [0.2, 0.25) is 0 Å². The van der Waals surface area contributed by atoms with E-state index in [1.165, 1.54) is 18.4 Å². The Morgan fingerprint density at radius 2 is 1.73 bits per heavy atom. The molecule has 3 atom stereocenters. The average molecular weight is 200 g/mol. The average Bonchev–Trinajstić information content (AvgIpc) is 2.72. The second kappa shape index (κ2) is 3.48. The minimum atomic E-state index is 0.501. The molecular weight excluding hydrogens is 184 g/mol. The molecule has 15 heavy (non-hydrogen) atoms. The molecule has 0 N–H and O–H groups in total. The van der Waals surface area contributed by atoms with Crippen LogP contribution in [0, 0.1) is 17.8 Å². The van der Waals surface area contributed by atoms with Crippen molar-refractivity contribution in [2.45, 2.75) is 25.7 Å². The fourth-order valence-corrected chi connectivity index (χ4v) is 3.15. The molecule has 1 heteroatoms. The fraction of sp³-hybridized carbons (Fsp3) is 0.500. The summed E-state index contributed by atoms with van der Waals surface area (Å²) in [6, 6.07) is 10.7. The molecule has 2 aliphatic carbocycles. The molecule has 0 radical (unpaired) electrons. The molecule has 3 rings (SSSR count). The fourth-order valence-electron chi connectivity index (χ4n) is 3.15. The minimum Gasteiger partial charge on any atom is -0.300 e. The molecule has 0 bridgehead atoms. The van der Waals surface area contributed by atoms with E-state index < -0.39 is 0 Å². The van der Waals surface area contributed by atoms with Crippen LogP contribution in [0.3, 0.4) is 0 Å². The van der Waals surface area contributed by atoms with E-state index in [2.05, 4.69) is 30.3 Å². The number of rotatable bonds is 3. The summed E-state index contributed by atoms with van der Waals surface area (Å²) >= 11 is 0. The topological polar surface area (TPSA) is 17.1 Å². The Morgan fingerprint density at radius 1 is 1.07 bits per heavy atom. The van der Waals surface area contributed by atoms with Gasteiger partial charge < -0.3 is 0 Å². The summed E-state index contributed by atoms with van der Waals surface area (Å²) in [6.45, 7) is 0. The molecule has 78 valence electrons. The summed E-state index contributed by atoms with van der Waals surface area (Å²) in [7, 11) is 0. The van der Waals surface area contributed by atoms with Gasteiger partial charge in [-0.15, -0.1) is 0 Å². The van der Waals surface area contributed by atoms with Gasteiger partial charge in [-0.3, -0.25) is 4.79 Å². The minimum absolute atomic E-state index is 0.501. The van der Waals surface area contributed by atoms with Gasteiger partial charge in [-0.25, -0.2) is 0 Å². The zero-order valence-electron chi connectivity index (χ0n) is 8.86. The van der Waals surface area contributed by atoms with Crippen molar-refractivity contribution in [3.05, 3.63) is 35.9 Å². The van der Waals surface area contributed by atoms with Crippen LogP contribution in [0.2, 0.25) is 0 Å². The van der Waals surface area contributed by atoms with Crippen molar-refractivity contribution in [3.63, 3.8) is 0 Å². The molecule has 0 heterocycles. The van der Waals surface area contributed by atoms with Gasteiger partial charge in [0, 0.05) is 12.8 Å². The lowest BCUT2D eigenvalue weighted by molar-refractivity contribution is -0.118. The van der Waals surface area contributed by atoms with Gasteiger partial charge in [0.05, 0.1) is 0 Å². The van der Waals surface area contributed by atoms with Gasteiger partial charge >= 0.3 is 0 Å². The van der Waals surface area contributed by atoms with Crippen LogP contribution in [-0.4, -0.2) is 5.78 Å². The third-order valence-corrected chi connectivity index (χ3v) is 4.04. The molecule has 1 aromatic carbocycles. The smallest absolute Gasteiger partial charge is 0.133 e. The number of hydrogen-bond acceptors (Lipinski definition) is 1. The van der Waals surface area contributed by atoms with Gasteiger partial charge in [0.25, 0.3) is 0 Å². The van der Waals surface area contributed by atoms with Gasteiger partial charge in [-0.2, -0.15) is 0 Å². The predicted octanol–water partition coefficient (Wildman–Crippen LogP) is 2.84. The molecule has 0 amide bonds. The second-order valence-electron chi connectivity index (χ2n) is 4.96. The number of fused-ring (bicyclic) bond motifs is 1. The summed E-state index contributed by atoms with van der Waals surface area (Å²) < 4.78 is 0. The normalized spacial score (nSPS) is 32.8. The highest BCUT2D eigenvalue weighted by molar-refractivity contribution is 5.82. The maximum atomic E-state index is 11.1. The molecule has 1 unspecified atom stereocenters. The van der Waals surface area contributed by atoms with E-state index in [-0.39, 0.29) is 0 Å². The zero-order chi connectivity index (χ0) is 10.3. The van der Waals surface area contributed by atoms with Gasteiger partial charge in [0.15, 0.2) is 0 Å². The van der Waals surface area contributed by atoms with E-state index >= 15 is 0 Å². The van der Waals surface area contributed by atoms with Gasteiger partial charge in [-0.1, -0.05) is 30.3 Å². The maximum absolute atomic E-state index is 11.1. The van der Waals surface area contributed by atoms with Crippen molar-refractivity contribution in [1.82, 2.24) is 0 Å². The number of carbonyl (C=O) groups excluding carboxylic acids is 1. The van der Waals surface area contributed by atoms with E-state index in [9.17, 15) is 4.79 Å². The van der Waals surface area contributed by atoms with Gasteiger partial charge in [-0.05, 0) is 36.2 Å². The van der Waals surface area contributed by atoms with Crippen LogP contribution < -0.4 is 0 Å². The van der Waals surface area contributed by atoms with Crippen molar-refractivity contribution in [2.75, 3.05) is 0 Å². The molecule has 2 fully saturated rings. The molecule has 0 aliphatic heterocycles. The summed E-state index contributed by atoms with van der Waals surface area (Å²) in [5.74, 6) is 2.89. The first-order chi connectivity index (χ1) is 7.34. The highest BCUT2D eigenvalue weighted by atomic mass is 16.1. The summed E-state index contributed by atoms with van der Waals surface area (Å²) in [5.41, 5.74) is 1.44. The molecular formula is C14H16O. The van der Waals surface area contributed by atoms with E-state index in [0.29, 0.717) is 5.78 Å². The molecule has 0 spiro atoms. The highest BCUT2D eigenvalue weighted by Crippen LogP contribution is 2.57. The molecule has 0 saturated heterocycles. The number of benzene rings is 1. The third kappa shape index (κ3) is 1.71. The zero-order valence-corrected chi connectivity index (χ0v) is 8.86. The first-order valence-corrected chi connectivity index (χ1v) is 5.90. The number of carbonyl (C=O) groups is 1. The lowest BCUT2D eigenvalue weighted by atomic mass is 10.0. The predicted molar refractivity (Wildman–Crippen MR) is 59.5 cm³/mol. The number of Topliss-reactive ketones (excluding diaryl/α,β-unsaturated/α-hetero) is 1. The van der Waals surface area contributed by atoms with Crippen LogP contribution >= 0.6 is 0 Å². The van der Waals surface area contributed by atoms with E-state index in [1.54, 1.807) is 0 Å². The first-order valence-electron chi connectivity index (χ1n) is 5.90. The van der Waals surface area contributed by atoms with Crippen LogP contribution in [0.5, 0.6) is 0 Å². The monoisotopic (exact) mass is 200 g/mol. The van der Waals surface area contributed by atoms with Crippen molar-refractivity contribution >= 4 is 5.78 Å². The summed E-state index contributed by atoms with van der Waals surface area (Å²) in [4.78, 5) is 11.1. The van der Waals surface area contributed by atoms with Gasteiger partial charge in [0.1, 0.15) is 5.78 Å². The SMILES string of the molecule is O=C1C[C@@H]2C(CCc3ccccc3)[C@@H]2C1. The third-order valence-electron chi connectivity index (χ3n) is 4.04. The summed E-state index contributed by atoms with van der Waals surface area (Å²) in [5, 5.41) is 0. The van der Waals surface area contributed by atoms with Crippen LogP contribution in [0.1, 0.15) is 24.8 Å². The Morgan fingerprint density at radius 3 is 2.40 bits per heavy atom. The Kier molecular flexibility index (Phi) is 2.12. The van der Waals surface area contributed by atoms with Crippen LogP contribution in [-0.2, 0) is 11.2 Å². The number of aryl methyl sites for hydroxylation is 1. The quantitative estimate of drug-likeness (QED) is 0.733. The van der Waals surface area contributed by atoms with Crippen LogP contribution in [0.25, 0.3) is 0 Å². The summed E-state index contributed by atoms with van der Waals surface area (Å²) in [6.07, 6.45) is 4.23. The first kappa shape index (κ1) is 9.14. The van der Waals surface area contributed by atoms with E-state index in [4.69, 9.17) is 0 Å². The Balaban J connectivity index is 1.51. The second-order valence-corrected chi connectivity index (χ2v) is 4.96. The molecule has 2 aliphatic rings. The Bertz CT molecular complexity index is 354.